The van der Waals surface area contributed by atoms with Crippen molar-refractivity contribution in [2.24, 2.45) is 11.8 Å². The third-order valence-corrected chi connectivity index (χ3v) is 6.12. The summed E-state index contributed by atoms with van der Waals surface area (Å²) in [4.78, 5) is 19.8. The first kappa shape index (κ1) is 20.4. The van der Waals surface area contributed by atoms with E-state index in [1.807, 2.05) is 23.4 Å². The molecule has 152 valence electrons. The molecule has 2 aliphatic heterocycles. The van der Waals surface area contributed by atoms with Gasteiger partial charge in [0.1, 0.15) is 0 Å². The standard InChI is InChI=1S/C21H36N4O2/c1-21(2,3)25-9-6-17(15-25)20(27)24-13-18(19(14-24)16-26)12-23-8-5-7-22(4)10-11-23/h6,9,15,18-19,26H,5,7-8,10-14,16H2,1-4H3. The van der Waals surface area contributed by atoms with Crippen molar-refractivity contribution in [3.8, 4) is 0 Å². The number of likely N-dealkylation sites (N-methyl/N-ethyl adjacent to an activating group) is 1. The van der Waals surface area contributed by atoms with Crippen molar-refractivity contribution in [1.82, 2.24) is 19.3 Å². The van der Waals surface area contributed by atoms with Crippen LogP contribution in [0, 0.1) is 11.8 Å². The number of amides is 1. The predicted octanol–water partition coefficient (Wildman–Crippen LogP) is 1.56. The number of aliphatic hydroxyl groups excluding tert-OH is 1. The van der Waals surface area contributed by atoms with Gasteiger partial charge in [0.15, 0.2) is 0 Å². The molecule has 1 amide bonds. The van der Waals surface area contributed by atoms with Gasteiger partial charge in [-0.25, -0.2) is 0 Å². The summed E-state index contributed by atoms with van der Waals surface area (Å²) in [6, 6.07) is 1.92. The Balaban J connectivity index is 1.63. The Labute approximate surface area is 163 Å². The molecule has 0 aromatic carbocycles. The summed E-state index contributed by atoms with van der Waals surface area (Å²) in [5.41, 5.74) is 0.721. The second kappa shape index (κ2) is 8.33. The van der Waals surface area contributed by atoms with E-state index in [0.29, 0.717) is 12.5 Å². The summed E-state index contributed by atoms with van der Waals surface area (Å²) >= 11 is 0. The number of carbonyl (C=O) groups excluding carboxylic acids is 1. The van der Waals surface area contributed by atoms with Gasteiger partial charge in [0.2, 0.25) is 0 Å². The van der Waals surface area contributed by atoms with E-state index in [2.05, 4.69) is 42.2 Å². The fraction of sp³-hybridized carbons (Fsp3) is 0.762. The van der Waals surface area contributed by atoms with Crippen LogP contribution in [0.25, 0.3) is 0 Å². The molecule has 2 fully saturated rings. The maximum absolute atomic E-state index is 13.0. The molecule has 2 unspecified atom stereocenters. The summed E-state index contributed by atoms with van der Waals surface area (Å²) in [7, 11) is 2.18. The van der Waals surface area contributed by atoms with E-state index in [1.54, 1.807) is 0 Å². The largest absolute Gasteiger partial charge is 0.396 e. The van der Waals surface area contributed by atoms with Crippen molar-refractivity contribution in [1.29, 1.82) is 0 Å². The molecular formula is C21H36N4O2. The van der Waals surface area contributed by atoms with Gasteiger partial charge in [0.05, 0.1) is 5.56 Å². The second-order valence-corrected chi connectivity index (χ2v) is 9.35. The summed E-state index contributed by atoms with van der Waals surface area (Å²) < 4.78 is 2.09. The number of aromatic nitrogens is 1. The Bertz CT molecular complexity index is 636. The molecular weight excluding hydrogens is 340 g/mol. The first-order chi connectivity index (χ1) is 12.8. The second-order valence-electron chi connectivity index (χ2n) is 9.35. The zero-order valence-corrected chi connectivity index (χ0v) is 17.4. The molecule has 2 aliphatic rings. The molecule has 0 radical (unpaired) electrons. The van der Waals surface area contributed by atoms with Crippen LogP contribution < -0.4 is 0 Å². The van der Waals surface area contributed by atoms with Crippen molar-refractivity contribution < 1.29 is 9.90 Å². The molecule has 6 nitrogen and oxygen atoms in total. The number of likely N-dealkylation sites (tertiary alicyclic amines) is 1. The third-order valence-electron chi connectivity index (χ3n) is 6.12. The molecule has 2 saturated heterocycles. The van der Waals surface area contributed by atoms with Gasteiger partial charge in [0, 0.05) is 63.2 Å². The first-order valence-electron chi connectivity index (χ1n) is 10.3. The maximum Gasteiger partial charge on any atom is 0.255 e. The Kier molecular flexibility index (Phi) is 6.28. The highest BCUT2D eigenvalue weighted by Gasteiger charge is 2.36. The number of hydrogen-bond donors (Lipinski definition) is 1. The van der Waals surface area contributed by atoms with E-state index in [0.717, 1.165) is 44.8 Å². The van der Waals surface area contributed by atoms with Crippen LogP contribution in [0.4, 0.5) is 0 Å². The molecule has 0 bridgehead atoms. The lowest BCUT2D eigenvalue weighted by atomic mass is 9.96. The van der Waals surface area contributed by atoms with E-state index < -0.39 is 0 Å². The number of nitrogens with zero attached hydrogens (tertiary/aromatic N) is 4. The zero-order valence-electron chi connectivity index (χ0n) is 17.4. The molecule has 6 heteroatoms. The van der Waals surface area contributed by atoms with Crippen LogP contribution in [-0.2, 0) is 5.54 Å². The average molecular weight is 377 g/mol. The highest BCUT2D eigenvalue weighted by Crippen LogP contribution is 2.26. The van der Waals surface area contributed by atoms with Gasteiger partial charge in [0.25, 0.3) is 5.91 Å². The number of rotatable bonds is 4. The lowest BCUT2D eigenvalue weighted by Gasteiger charge is -2.26. The van der Waals surface area contributed by atoms with Crippen molar-refractivity contribution in [2.75, 3.05) is 59.5 Å². The minimum Gasteiger partial charge on any atom is -0.396 e. The van der Waals surface area contributed by atoms with Crippen LogP contribution in [0.15, 0.2) is 18.5 Å². The van der Waals surface area contributed by atoms with Crippen molar-refractivity contribution in [3.63, 3.8) is 0 Å². The first-order valence-corrected chi connectivity index (χ1v) is 10.3. The summed E-state index contributed by atoms with van der Waals surface area (Å²) in [6.07, 6.45) is 5.13. The fourth-order valence-corrected chi connectivity index (χ4v) is 4.26. The Morgan fingerprint density at radius 2 is 1.89 bits per heavy atom. The van der Waals surface area contributed by atoms with Crippen LogP contribution in [0.2, 0.25) is 0 Å². The van der Waals surface area contributed by atoms with Gasteiger partial charge in [-0.1, -0.05) is 0 Å². The quantitative estimate of drug-likeness (QED) is 0.867. The Morgan fingerprint density at radius 3 is 2.56 bits per heavy atom. The minimum atomic E-state index is -0.0281. The maximum atomic E-state index is 13.0. The average Bonchev–Trinajstić information content (AvgIpc) is 3.21. The third kappa shape index (κ3) is 4.92. The molecule has 0 aliphatic carbocycles. The topological polar surface area (TPSA) is 52.0 Å². The number of aliphatic hydroxyl groups is 1. The minimum absolute atomic E-state index is 0.0281. The number of carbonyl (C=O) groups is 1. The van der Waals surface area contributed by atoms with Crippen LogP contribution in [0.1, 0.15) is 37.6 Å². The van der Waals surface area contributed by atoms with Crippen molar-refractivity contribution in [3.05, 3.63) is 24.0 Å². The lowest BCUT2D eigenvalue weighted by molar-refractivity contribution is 0.0779. The van der Waals surface area contributed by atoms with E-state index in [4.69, 9.17) is 0 Å². The fourth-order valence-electron chi connectivity index (χ4n) is 4.26. The lowest BCUT2D eigenvalue weighted by Crippen LogP contribution is -2.36. The summed E-state index contributed by atoms with van der Waals surface area (Å²) in [5.74, 6) is 0.626. The van der Waals surface area contributed by atoms with Gasteiger partial charge in [-0.15, -0.1) is 0 Å². The number of hydrogen-bond acceptors (Lipinski definition) is 4. The highest BCUT2D eigenvalue weighted by atomic mass is 16.3. The van der Waals surface area contributed by atoms with E-state index in [9.17, 15) is 9.90 Å². The van der Waals surface area contributed by atoms with E-state index in [-0.39, 0.29) is 24.0 Å². The van der Waals surface area contributed by atoms with Crippen molar-refractivity contribution >= 4 is 5.91 Å². The SMILES string of the molecule is CN1CCCN(CC2CN(C(=O)c3ccn(C(C)(C)C)c3)CC2CO)CC1. The normalized spacial score (nSPS) is 25.7. The van der Waals surface area contributed by atoms with Crippen LogP contribution in [0.3, 0.4) is 0 Å². The van der Waals surface area contributed by atoms with Crippen LogP contribution >= 0.6 is 0 Å². The molecule has 2 atom stereocenters. The smallest absolute Gasteiger partial charge is 0.255 e. The van der Waals surface area contributed by atoms with Crippen molar-refractivity contribution in [2.45, 2.75) is 32.7 Å². The van der Waals surface area contributed by atoms with E-state index in [1.165, 1.54) is 6.42 Å². The van der Waals surface area contributed by atoms with Gasteiger partial charge in [-0.3, -0.25) is 4.79 Å². The molecule has 3 rings (SSSR count). The zero-order chi connectivity index (χ0) is 19.6. The Hall–Kier alpha value is -1.37. The van der Waals surface area contributed by atoms with Crippen LogP contribution in [-0.4, -0.2) is 89.7 Å². The summed E-state index contributed by atoms with van der Waals surface area (Å²) in [6.45, 7) is 13.4. The molecule has 1 N–H and O–H groups in total. The molecule has 3 heterocycles. The van der Waals surface area contributed by atoms with Gasteiger partial charge < -0.3 is 24.4 Å². The Morgan fingerprint density at radius 1 is 1.15 bits per heavy atom. The molecule has 1 aromatic heterocycles. The van der Waals surface area contributed by atoms with E-state index >= 15 is 0 Å². The predicted molar refractivity (Wildman–Crippen MR) is 108 cm³/mol. The van der Waals surface area contributed by atoms with Gasteiger partial charge in [-0.05, 0) is 59.3 Å². The van der Waals surface area contributed by atoms with Gasteiger partial charge in [-0.2, -0.15) is 0 Å². The monoisotopic (exact) mass is 376 g/mol. The molecule has 0 saturated carbocycles. The molecule has 27 heavy (non-hydrogen) atoms. The van der Waals surface area contributed by atoms with Crippen LogP contribution in [0.5, 0.6) is 0 Å². The highest BCUT2D eigenvalue weighted by molar-refractivity contribution is 5.94. The molecule has 0 spiro atoms. The van der Waals surface area contributed by atoms with Gasteiger partial charge >= 0.3 is 0 Å². The molecule has 1 aromatic rings. The summed E-state index contributed by atoms with van der Waals surface area (Å²) in [5, 5.41) is 9.88.